The Morgan fingerprint density at radius 3 is 2.77 bits per heavy atom. The number of carbonyl (C=O) groups excluding carboxylic acids is 1. The molecule has 0 amide bonds. The highest BCUT2D eigenvalue weighted by Crippen LogP contribution is 2.39. The normalized spacial score (nSPS) is 15.9. The predicted octanol–water partition coefficient (Wildman–Crippen LogP) is 4.12. The Morgan fingerprint density at radius 1 is 1.39 bits per heavy atom. The van der Waals surface area contributed by atoms with Gasteiger partial charge in [0.2, 0.25) is 5.78 Å². The Bertz CT molecular complexity index is 1020. The smallest absolute Gasteiger partial charge is 0.202 e. The zero-order valence-corrected chi connectivity index (χ0v) is 18.9. The van der Waals surface area contributed by atoms with E-state index in [2.05, 4.69) is 55.1 Å². The molecular formula is C25H32N4O2. The Kier molecular flexibility index (Phi) is 6.78. The largest absolute Gasteiger partial charge is 0.395 e. The maximum atomic E-state index is 12.8. The summed E-state index contributed by atoms with van der Waals surface area (Å²) in [7, 11) is 0. The fourth-order valence-electron chi connectivity index (χ4n) is 3.99. The summed E-state index contributed by atoms with van der Waals surface area (Å²) in [5.41, 5.74) is 4.73. The molecule has 3 N–H and O–H groups in total. The van der Waals surface area contributed by atoms with E-state index < -0.39 is 0 Å². The number of imidazole rings is 1. The van der Waals surface area contributed by atoms with Gasteiger partial charge in [-0.2, -0.15) is 5.26 Å². The summed E-state index contributed by atoms with van der Waals surface area (Å²) in [5, 5.41) is 21.6. The Balaban J connectivity index is 1.97. The van der Waals surface area contributed by atoms with Crippen LogP contribution in [0.25, 0.3) is 5.57 Å². The molecule has 31 heavy (non-hydrogen) atoms. The summed E-state index contributed by atoms with van der Waals surface area (Å²) in [4.78, 5) is 19.7. The first-order valence-corrected chi connectivity index (χ1v) is 10.8. The van der Waals surface area contributed by atoms with Crippen molar-refractivity contribution in [1.82, 2.24) is 15.3 Å². The van der Waals surface area contributed by atoms with Crippen LogP contribution in [0.5, 0.6) is 0 Å². The van der Waals surface area contributed by atoms with E-state index >= 15 is 0 Å². The predicted molar refractivity (Wildman–Crippen MR) is 122 cm³/mol. The number of aliphatic hydroxyl groups excluding tert-OH is 1. The molecule has 0 saturated heterocycles. The third kappa shape index (κ3) is 5.49. The lowest BCUT2D eigenvalue weighted by Crippen LogP contribution is -2.38. The number of aliphatic hydroxyl groups is 1. The van der Waals surface area contributed by atoms with Crippen LogP contribution < -0.4 is 5.32 Å². The standard InChI is InChI=1S/C25H32N4O2/c1-24(2)9-7-17(8-10-24)21-14-19(25(3,4)28-11-12-30)6-5-18(21)13-22(31)23-27-16-20(15-26)29-23/h5-7,14,16,28,30H,8-13H2,1-4H3,(H,27,29). The van der Waals surface area contributed by atoms with Gasteiger partial charge in [-0.15, -0.1) is 0 Å². The minimum absolute atomic E-state index is 0.0803. The monoisotopic (exact) mass is 420 g/mol. The molecule has 0 spiro atoms. The molecule has 0 fully saturated rings. The van der Waals surface area contributed by atoms with Crippen LogP contribution in [0, 0.1) is 16.7 Å². The molecule has 1 aliphatic rings. The summed E-state index contributed by atoms with van der Waals surface area (Å²) < 4.78 is 0. The van der Waals surface area contributed by atoms with Crippen molar-refractivity contribution in [3.05, 3.63) is 58.7 Å². The SMILES string of the molecule is CC1(C)CC=C(c2cc(C(C)(C)NCCO)ccc2CC(=O)c2ncc(C#N)[nH]2)CC1. The number of hydrogen-bond donors (Lipinski definition) is 3. The quantitative estimate of drug-likeness (QED) is 0.558. The summed E-state index contributed by atoms with van der Waals surface area (Å²) in [5.74, 6) is 0.0835. The summed E-state index contributed by atoms with van der Waals surface area (Å²) in [6.07, 6.45) is 7.01. The molecule has 2 aromatic rings. The van der Waals surface area contributed by atoms with Crippen LogP contribution in [0.3, 0.4) is 0 Å². The van der Waals surface area contributed by atoms with Gasteiger partial charge in [0, 0.05) is 18.5 Å². The zero-order valence-electron chi connectivity index (χ0n) is 18.9. The van der Waals surface area contributed by atoms with Gasteiger partial charge in [-0.1, -0.05) is 32.1 Å². The highest BCUT2D eigenvalue weighted by atomic mass is 16.3. The van der Waals surface area contributed by atoms with Gasteiger partial charge in [0.1, 0.15) is 11.8 Å². The molecule has 164 valence electrons. The minimum Gasteiger partial charge on any atom is -0.395 e. The maximum Gasteiger partial charge on any atom is 0.202 e. The summed E-state index contributed by atoms with van der Waals surface area (Å²) in [6.45, 7) is 9.35. The van der Waals surface area contributed by atoms with E-state index in [1.807, 2.05) is 18.2 Å². The van der Waals surface area contributed by atoms with Gasteiger partial charge in [0.05, 0.1) is 12.8 Å². The molecule has 0 unspecified atom stereocenters. The van der Waals surface area contributed by atoms with Crippen LogP contribution >= 0.6 is 0 Å². The molecule has 6 heteroatoms. The van der Waals surface area contributed by atoms with Gasteiger partial charge >= 0.3 is 0 Å². The number of Topliss-reactive ketones (excluding diaryl/α,β-unsaturated/α-hetero) is 1. The second-order valence-corrected chi connectivity index (χ2v) is 9.60. The number of hydrogen-bond acceptors (Lipinski definition) is 5. The molecule has 1 aliphatic carbocycles. The number of nitriles is 1. The second-order valence-electron chi connectivity index (χ2n) is 9.60. The van der Waals surface area contributed by atoms with Crippen molar-refractivity contribution < 1.29 is 9.90 Å². The third-order valence-electron chi connectivity index (χ3n) is 6.14. The van der Waals surface area contributed by atoms with Gasteiger partial charge in [0.25, 0.3) is 0 Å². The molecule has 0 radical (unpaired) electrons. The van der Waals surface area contributed by atoms with Crippen LogP contribution in [0.15, 0.2) is 30.5 Å². The number of carbonyl (C=O) groups is 1. The molecule has 1 aromatic heterocycles. The lowest BCUT2D eigenvalue weighted by Gasteiger charge is -2.31. The number of allylic oxidation sites excluding steroid dienone is 2. The highest BCUT2D eigenvalue weighted by molar-refractivity contribution is 5.95. The molecule has 0 saturated carbocycles. The van der Waals surface area contributed by atoms with Crippen LogP contribution in [-0.2, 0) is 12.0 Å². The second kappa shape index (κ2) is 9.17. The van der Waals surface area contributed by atoms with Crippen molar-refractivity contribution in [2.45, 2.75) is 58.9 Å². The highest BCUT2D eigenvalue weighted by Gasteiger charge is 2.26. The minimum atomic E-state index is -0.308. The number of nitrogens with one attached hydrogen (secondary N) is 2. The van der Waals surface area contributed by atoms with Crippen LogP contribution in [0.2, 0.25) is 0 Å². The fourth-order valence-corrected chi connectivity index (χ4v) is 3.99. The van der Waals surface area contributed by atoms with Crippen molar-refractivity contribution in [1.29, 1.82) is 5.26 Å². The maximum absolute atomic E-state index is 12.8. The molecular weight excluding hydrogens is 388 g/mol. The summed E-state index contributed by atoms with van der Waals surface area (Å²) >= 11 is 0. The number of aromatic amines is 1. The topological polar surface area (TPSA) is 102 Å². The summed E-state index contributed by atoms with van der Waals surface area (Å²) in [6, 6.07) is 8.23. The molecule has 1 aromatic carbocycles. The molecule has 1 heterocycles. The molecule has 3 rings (SSSR count). The number of ketones is 1. The van der Waals surface area contributed by atoms with E-state index in [4.69, 9.17) is 5.26 Å². The van der Waals surface area contributed by atoms with E-state index in [0.29, 0.717) is 12.0 Å². The van der Waals surface area contributed by atoms with Crippen LogP contribution in [0.4, 0.5) is 0 Å². The Labute approximate surface area is 184 Å². The van der Waals surface area contributed by atoms with E-state index in [0.717, 1.165) is 36.0 Å². The van der Waals surface area contributed by atoms with Crippen molar-refractivity contribution >= 4 is 11.4 Å². The van der Waals surface area contributed by atoms with Crippen LogP contribution in [0.1, 0.15) is 80.0 Å². The van der Waals surface area contributed by atoms with E-state index in [1.54, 1.807) is 0 Å². The van der Waals surface area contributed by atoms with Gasteiger partial charge in [-0.3, -0.25) is 4.79 Å². The van der Waals surface area contributed by atoms with Crippen LogP contribution in [-0.4, -0.2) is 34.0 Å². The number of rotatable bonds is 8. The Morgan fingerprint density at radius 2 is 2.16 bits per heavy atom. The number of nitrogens with zero attached hydrogens (tertiary/aromatic N) is 2. The first-order valence-electron chi connectivity index (χ1n) is 10.8. The van der Waals surface area contributed by atoms with Gasteiger partial charge < -0.3 is 15.4 Å². The van der Waals surface area contributed by atoms with E-state index in [1.165, 1.54) is 11.8 Å². The lowest BCUT2D eigenvalue weighted by atomic mass is 9.75. The first-order chi connectivity index (χ1) is 14.6. The number of benzene rings is 1. The van der Waals surface area contributed by atoms with Gasteiger partial charge in [-0.05, 0) is 66.9 Å². The molecule has 6 nitrogen and oxygen atoms in total. The zero-order chi connectivity index (χ0) is 22.6. The van der Waals surface area contributed by atoms with Crippen molar-refractivity contribution in [2.75, 3.05) is 13.2 Å². The van der Waals surface area contributed by atoms with Crippen molar-refractivity contribution in [3.63, 3.8) is 0 Å². The first kappa shape index (κ1) is 22.9. The fraction of sp³-hybridized carbons (Fsp3) is 0.480. The number of aromatic nitrogens is 2. The van der Waals surface area contributed by atoms with Crippen molar-refractivity contribution in [2.24, 2.45) is 5.41 Å². The van der Waals surface area contributed by atoms with E-state index in [9.17, 15) is 9.90 Å². The van der Waals surface area contributed by atoms with Crippen molar-refractivity contribution in [3.8, 4) is 6.07 Å². The van der Waals surface area contributed by atoms with Gasteiger partial charge in [-0.25, -0.2) is 4.98 Å². The third-order valence-corrected chi connectivity index (χ3v) is 6.14. The molecule has 0 bridgehead atoms. The average molecular weight is 421 g/mol. The number of H-pyrrole nitrogens is 1. The van der Waals surface area contributed by atoms with E-state index in [-0.39, 0.29) is 35.9 Å². The lowest BCUT2D eigenvalue weighted by molar-refractivity contribution is 0.0984. The molecule has 0 atom stereocenters. The molecule has 0 aliphatic heterocycles. The Hall–Kier alpha value is -2.75. The average Bonchev–Trinajstić information content (AvgIpc) is 3.22. The van der Waals surface area contributed by atoms with Gasteiger partial charge in [0.15, 0.2) is 5.82 Å².